The predicted octanol–water partition coefficient (Wildman–Crippen LogP) is 5.58. The summed E-state index contributed by atoms with van der Waals surface area (Å²) < 4.78 is 13.4. The van der Waals surface area contributed by atoms with Crippen LogP contribution in [-0.4, -0.2) is 5.33 Å². The standard InChI is InChI=1S/C17H17BrClF/c1-12-6-7-16(20)10-15(12)9-13(11-18)8-14-4-2-3-5-17(14)19/h2-7,10,13H,8-9,11H2,1H3. The van der Waals surface area contributed by atoms with Crippen molar-refractivity contribution in [3.63, 3.8) is 0 Å². The van der Waals surface area contributed by atoms with Gasteiger partial charge in [-0.2, -0.15) is 0 Å². The SMILES string of the molecule is Cc1ccc(F)cc1CC(CBr)Cc1ccccc1Cl. The second kappa shape index (κ2) is 7.24. The summed E-state index contributed by atoms with van der Waals surface area (Å²) in [5.74, 6) is 0.229. The normalized spacial score (nSPS) is 12.4. The van der Waals surface area contributed by atoms with E-state index in [0.717, 1.165) is 39.9 Å². The van der Waals surface area contributed by atoms with Gasteiger partial charge >= 0.3 is 0 Å². The smallest absolute Gasteiger partial charge is 0.123 e. The summed E-state index contributed by atoms with van der Waals surface area (Å²) in [6.07, 6.45) is 1.74. The Kier molecular flexibility index (Phi) is 5.62. The third-order valence-electron chi connectivity index (χ3n) is 3.50. The maximum Gasteiger partial charge on any atom is 0.123 e. The summed E-state index contributed by atoms with van der Waals surface area (Å²) in [5, 5.41) is 1.67. The van der Waals surface area contributed by atoms with Gasteiger partial charge in [0.05, 0.1) is 0 Å². The molecule has 0 spiro atoms. The molecule has 0 aliphatic rings. The highest BCUT2D eigenvalue weighted by Crippen LogP contribution is 2.23. The molecule has 0 saturated carbocycles. The van der Waals surface area contributed by atoms with Crippen molar-refractivity contribution in [3.8, 4) is 0 Å². The van der Waals surface area contributed by atoms with Gasteiger partial charge < -0.3 is 0 Å². The molecule has 2 aromatic carbocycles. The van der Waals surface area contributed by atoms with E-state index >= 15 is 0 Å². The maximum atomic E-state index is 13.4. The van der Waals surface area contributed by atoms with Crippen LogP contribution < -0.4 is 0 Å². The van der Waals surface area contributed by atoms with Gasteiger partial charge in [-0.3, -0.25) is 0 Å². The van der Waals surface area contributed by atoms with Gasteiger partial charge in [-0.1, -0.05) is 51.8 Å². The molecule has 20 heavy (non-hydrogen) atoms. The Labute approximate surface area is 133 Å². The van der Waals surface area contributed by atoms with Crippen LogP contribution in [0.4, 0.5) is 4.39 Å². The molecule has 2 aromatic rings. The lowest BCUT2D eigenvalue weighted by atomic mass is 9.92. The monoisotopic (exact) mass is 354 g/mol. The van der Waals surface area contributed by atoms with Gasteiger partial charge in [0.1, 0.15) is 5.82 Å². The van der Waals surface area contributed by atoms with Gasteiger partial charge in [-0.15, -0.1) is 0 Å². The van der Waals surface area contributed by atoms with Crippen LogP contribution in [0, 0.1) is 18.7 Å². The van der Waals surface area contributed by atoms with Crippen molar-refractivity contribution in [2.45, 2.75) is 19.8 Å². The minimum absolute atomic E-state index is 0.170. The molecule has 0 aliphatic carbocycles. The first-order valence-electron chi connectivity index (χ1n) is 6.64. The Balaban J connectivity index is 2.13. The summed E-state index contributed by atoms with van der Waals surface area (Å²) >= 11 is 9.77. The van der Waals surface area contributed by atoms with E-state index in [0.29, 0.717) is 5.92 Å². The Bertz CT molecular complexity index is 583. The molecule has 0 N–H and O–H groups in total. The molecule has 0 fully saturated rings. The first-order chi connectivity index (χ1) is 9.60. The quantitative estimate of drug-likeness (QED) is 0.614. The molecule has 0 heterocycles. The van der Waals surface area contributed by atoms with Crippen LogP contribution in [0.3, 0.4) is 0 Å². The number of halogens is 3. The summed E-state index contributed by atoms with van der Waals surface area (Å²) in [6, 6.07) is 12.9. The van der Waals surface area contributed by atoms with Gasteiger partial charge in [0.2, 0.25) is 0 Å². The number of hydrogen-bond donors (Lipinski definition) is 0. The van der Waals surface area contributed by atoms with Crippen LogP contribution >= 0.6 is 27.5 Å². The Morgan fingerprint density at radius 2 is 1.80 bits per heavy atom. The second-order valence-electron chi connectivity index (χ2n) is 5.09. The van der Waals surface area contributed by atoms with Gasteiger partial charge in [-0.25, -0.2) is 4.39 Å². The first-order valence-corrected chi connectivity index (χ1v) is 8.14. The highest BCUT2D eigenvalue weighted by molar-refractivity contribution is 9.09. The Morgan fingerprint density at radius 3 is 2.50 bits per heavy atom. The van der Waals surface area contributed by atoms with Gasteiger partial charge in [0.25, 0.3) is 0 Å². The molecule has 106 valence electrons. The van der Waals surface area contributed by atoms with E-state index in [1.54, 1.807) is 6.07 Å². The summed E-state index contributed by atoms with van der Waals surface area (Å²) in [6.45, 7) is 2.02. The van der Waals surface area contributed by atoms with Crippen molar-refractivity contribution in [3.05, 3.63) is 70.0 Å². The largest absolute Gasteiger partial charge is 0.207 e. The summed E-state index contributed by atoms with van der Waals surface area (Å²) in [4.78, 5) is 0. The van der Waals surface area contributed by atoms with Crippen molar-refractivity contribution in [2.24, 2.45) is 5.92 Å². The van der Waals surface area contributed by atoms with E-state index in [4.69, 9.17) is 11.6 Å². The first kappa shape index (κ1) is 15.5. The molecule has 0 amide bonds. The summed E-state index contributed by atoms with van der Waals surface area (Å²) in [5.41, 5.74) is 3.35. The van der Waals surface area contributed by atoms with Crippen LogP contribution in [-0.2, 0) is 12.8 Å². The van der Waals surface area contributed by atoms with Crippen molar-refractivity contribution in [1.82, 2.24) is 0 Å². The molecule has 3 heteroatoms. The van der Waals surface area contributed by atoms with Gasteiger partial charge in [0.15, 0.2) is 0 Å². The van der Waals surface area contributed by atoms with Gasteiger partial charge in [0, 0.05) is 10.4 Å². The summed E-state index contributed by atoms with van der Waals surface area (Å²) in [7, 11) is 0. The van der Waals surface area contributed by atoms with Crippen molar-refractivity contribution < 1.29 is 4.39 Å². The maximum absolute atomic E-state index is 13.4. The predicted molar refractivity (Wildman–Crippen MR) is 87.3 cm³/mol. The molecule has 0 radical (unpaired) electrons. The van der Waals surface area contributed by atoms with Crippen molar-refractivity contribution in [1.29, 1.82) is 0 Å². The molecule has 0 aromatic heterocycles. The topological polar surface area (TPSA) is 0 Å². The van der Waals surface area contributed by atoms with Crippen LogP contribution in [0.15, 0.2) is 42.5 Å². The zero-order valence-corrected chi connectivity index (χ0v) is 13.7. The molecule has 0 saturated heterocycles. The van der Waals surface area contributed by atoms with E-state index in [1.165, 1.54) is 6.07 Å². The number of aryl methyl sites for hydroxylation is 1. The minimum atomic E-state index is -0.170. The highest BCUT2D eigenvalue weighted by atomic mass is 79.9. The van der Waals surface area contributed by atoms with E-state index < -0.39 is 0 Å². The molecule has 0 aliphatic heterocycles. The van der Waals surface area contributed by atoms with Crippen LogP contribution in [0.1, 0.15) is 16.7 Å². The molecule has 1 unspecified atom stereocenters. The van der Waals surface area contributed by atoms with Crippen molar-refractivity contribution in [2.75, 3.05) is 5.33 Å². The molecule has 0 nitrogen and oxygen atoms in total. The minimum Gasteiger partial charge on any atom is -0.207 e. The van der Waals surface area contributed by atoms with Crippen LogP contribution in [0.25, 0.3) is 0 Å². The molecular formula is C17H17BrClF. The number of rotatable bonds is 5. The average Bonchev–Trinajstić information content (AvgIpc) is 2.44. The lowest BCUT2D eigenvalue weighted by molar-refractivity contribution is 0.580. The number of benzene rings is 2. The molecule has 1 atom stereocenters. The number of alkyl halides is 1. The van der Waals surface area contributed by atoms with Crippen molar-refractivity contribution >= 4 is 27.5 Å². The molecule has 2 rings (SSSR count). The zero-order valence-electron chi connectivity index (χ0n) is 11.4. The fourth-order valence-electron chi connectivity index (χ4n) is 2.33. The lowest BCUT2D eigenvalue weighted by Crippen LogP contribution is -2.11. The molecule has 0 bridgehead atoms. The van der Waals surface area contributed by atoms with E-state index in [9.17, 15) is 4.39 Å². The average molecular weight is 356 g/mol. The zero-order chi connectivity index (χ0) is 14.5. The number of hydrogen-bond acceptors (Lipinski definition) is 0. The van der Waals surface area contributed by atoms with E-state index in [-0.39, 0.29) is 5.82 Å². The van der Waals surface area contributed by atoms with E-state index in [1.807, 2.05) is 31.2 Å². The Morgan fingerprint density at radius 1 is 1.10 bits per heavy atom. The third-order valence-corrected chi connectivity index (χ3v) is 4.79. The lowest BCUT2D eigenvalue weighted by Gasteiger charge is -2.16. The highest BCUT2D eigenvalue weighted by Gasteiger charge is 2.13. The second-order valence-corrected chi connectivity index (χ2v) is 6.15. The fourth-order valence-corrected chi connectivity index (χ4v) is 3.00. The van der Waals surface area contributed by atoms with E-state index in [2.05, 4.69) is 22.0 Å². The van der Waals surface area contributed by atoms with Crippen LogP contribution in [0.2, 0.25) is 5.02 Å². The third kappa shape index (κ3) is 4.07. The molecular weight excluding hydrogens is 339 g/mol. The van der Waals surface area contributed by atoms with Gasteiger partial charge in [-0.05, 0) is 60.6 Å². The fraction of sp³-hybridized carbons (Fsp3) is 0.294. The van der Waals surface area contributed by atoms with Crippen LogP contribution in [0.5, 0.6) is 0 Å². The Hall–Kier alpha value is -0.860.